The molecule has 0 N–H and O–H groups in total. The van der Waals surface area contributed by atoms with E-state index in [-0.39, 0.29) is 16.7 Å². The fourth-order valence-electron chi connectivity index (χ4n) is 5.98. The topological polar surface area (TPSA) is 51.6 Å². The normalized spacial score (nSPS) is 12.4. The van der Waals surface area contributed by atoms with Crippen molar-refractivity contribution >= 4 is 0 Å². The molecule has 4 nitrogen and oxygen atoms in total. The van der Waals surface area contributed by atoms with Crippen LogP contribution in [-0.2, 0) is 17.3 Å². The average Bonchev–Trinajstić information content (AvgIpc) is 3.10. The van der Waals surface area contributed by atoms with Crippen LogP contribution in [0.3, 0.4) is 0 Å². The van der Waals surface area contributed by atoms with E-state index in [1.165, 1.54) is 11.1 Å². The smallest absolute Gasteiger partial charge is 0.0704 e. The molecule has 4 aromatic heterocycles. The molecule has 1 unspecified atom stereocenters. The van der Waals surface area contributed by atoms with Gasteiger partial charge >= 0.3 is 0 Å². The first-order valence-electron chi connectivity index (χ1n) is 16.5. The Hall–Kier alpha value is -5.40. The minimum atomic E-state index is -0.261. The number of nitrogens with zero attached hydrogens (tertiary/aromatic N) is 4. The van der Waals surface area contributed by atoms with E-state index in [4.69, 9.17) is 16.4 Å². The van der Waals surface area contributed by atoms with Crippen LogP contribution in [0.2, 0.25) is 0 Å². The number of rotatable bonds is 7. The highest BCUT2D eigenvalue weighted by Crippen LogP contribution is 2.34. The largest absolute Gasteiger partial charge is 0.261 e. The highest BCUT2D eigenvalue weighted by Gasteiger charge is 2.20. The number of hydrogen-bond donors (Lipinski definition) is 0. The quantitative estimate of drug-likeness (QED) is 0.165. The maximum Gasteiger partial charge on any atom is 0.0704 e. The van der Waals surface area contributed by atoms with Crippen LogP contribution in [0, 0.1) is 12.3 Å². The van der Waals surface area contributed by atoms with Crippen molar-refractivity contribution in [3.63, 3.8) is 0 Å². The first-order valence-corrected chi connectivity index (χ1v) is 16.5. The minimum Gasteiger partial charge on any atom is -0.261 e. The van der Waals surface area contributed by atoms with Gasteiger partial charge in [-0.05, 0) is 69.5 Å². The lowest BCUT2D eigenvalue weighted by Gasteiger charge is -2.19. The van der Waals surface area contributed by atoms with Crippen molar-refractivity contribution in [1.29, 1.82) is 0 Å². The van der Waals surface area contributed by atoms with Crippen LogP contribution >= 0.6 is 0 Å². The molecule has 238 valence electrons. The van der Waals surface area contributed by atoms with E-state index in [0.717, 1.165) is 56.2 Å². The zero-order valence-electron chi connectivity index (χ0n) is 28.7. The summed E-state index contributed by atoms with van der Waals surface area (Å²) >= 11 is 0. The minimum absolute atomic E-state index is 0.0551. The summed E-state index contributed by atoms with van der Waals surface area (Å²) in [4.78, 5) is 18.9. The molecule has 0 aliphatic rings. The highest BCUT2D eigenvalue weighted by molar-refractivity contribution is 5.73. The predicted molar refractivity (Wildman–Crippen MR) is 198 cm³/mol. The number of hydrogen-bond acceptors (Lipinski definition) is 4. The number of aromatic nitrogens is 4. The molecule has 0 saturated heterocycles. The Morgan fingerprint density at radius 3 is 1.50 bits per heavy atom. The number of pyridine rings is 4. The van der Waals surface area contributed by atoms with Crippen LogP contribution in [0.1, 0.15) is 70.0 Å². The van der Waals surface area contributed by atoms with Crippen molar-refractivity contribution in [2.24, 2.45) is 0 Å². The summed E-state index contributed by atoms with van der Waals surface area (Å²) in [7, 11) is 0. The van der Waals surface area contributed by atoms with Crippen LogP contribution in [0.25, 0.3) is 44.8 Å². The molecule has 6 aromatic rings. The van der Waals surface area contributed by atoms with E-state index >= 15 is 0 Å². The van der Waals surface area contributed by atoms with E-state index in [9.17, 15) is 0 Å². The van der Waals surface area contributed by atoms with Gasteiger partial charge in [-0.2, -0.15) is 0 Å². The molecular weight excluding hydrogens is 585 g/mol. The zero-order valence-corrected chi connectivity index (χ0v) is 28.7. The molecule has 1 atom stereocenters. The Balaban J connectivity index is 1.27. The predicted octanol–water partition coefficient (Wildman–Crippen LogP) is 10.5. The molecule has 48 heavy (non-hydrogen) atoms. The summed E-state index contributed by atoms with van der Waals surface area (Å²) in [6, 6.07) is 33.8. The second kappa shape index (κ2) is 13.4. The van der Waals surface area contributed by atoms with Gasteiger partial charge in [-0.1, -0.05) is 108 Å². The van der Waals surface area contributed by atoms with Gasteiger partial charge in [0.2, 0.25) is 0 Å². The summed E-state index contributed by atoms with van der Waals surface area (Å²) < 4.78 is 0. The molecule has 6 rings (SSSR count). The van der Waals surface area contributed by atoms with Gasteiger partial charge in [-0.15, -0.1) is 6.42 Å². The summed E-state index contributed by atoms with van der Waals surface area (Å²) in [6.07, 6.45) is 14.2. The third-order valence-corrected chi connectivity index (χ3v) is 8.89. The van der Waals surface area contributed by atoms with Crippen LogP contribution in [0.15, 0.2) is 122 Å². The Morgan fingerprint density at radius 2 is 1.00 bits per heavy atom. The summed E-state index contributed by atoms with van der Waals surface area (Å²) in [5.74, 6) is 2.78. The Kier molecular flexibility index (Phi) is 9.07. The lowest BCUT2D eigenvalue weighted by molar-refractivity contribution is 0.589. The molecule has 2 aromatic carbocycles. The van der Waals surface area contributed by atoms with E-state index < -0.39 is 0 Å². The van der Waals surface area contributed by atoms with Crippen molar-refractivity contribution in [3.05, 3.63) is 144 Å². The summed E-state index contributed by atoms with van der Waals surface area (Å²) in [5, 5.41) is 0. The first-order chi connectivity index (χ1) is 23.0. The third-order valence-electron chi connectivity index (χ3n) is 8.89. The maximum atomic E-state index is 6.23. The molecule has 0 saturated carbocycles. The molecule has 0 fully saturated rings. The van der Waals surface area contributed by atoms with E-state index in [1.807, 2.05) is 36.9 Å². The summed E-state index contributed by atoms with van der Waals surface area (Å²) in [6.45, 7) is 13.3. The van der Waals surface area contributed by atoms with Gasteiger partial charge in [-0.3, -0.25) is 19.9 Å². The molecule has 0 amide bonds. The van der Waals surface area contributed by atoms with Gasteiger partial charge in [0, 0.05) is 59.2 Å². The van der Waals surface area contributed by atoms with Gasteiger partial charge in [0.1, 0.15) is 0 Å². The van der Waals surface area contributed by atoms with Gasteiger partial charge < -0.3 is 0 Å². The molecule has 0 radical (unpaired) electrons. The SMILES string of the molecule is C#CC(Cc1ncccc1-c1ccc(-c2cc(C(C)(C)C)ccn2)cc1)c1ncccc1-c1ccc(-c2cc(C(C)(C)C)ccn2)cc1. The lowest BCUT2D eigenvalue weighted by Crippen LogP contribution is -2.11. The van der Waals surface area contributed by atoms with Crippen molar-refractivity contribution < 1.29 is 0 Å². The highest BCUT2D eigenvalue weighted by atomic mass is 14.7. The Bertz CT molecular complexity index is 2070. The Morgan fingerprint density at radius 1 is 0.542 bits per heavy atom. The van der Waals surface area contributed by atoms with Gasteiger partial charge in [-0.25, -0.2) is 0 Å². The van der Waals surface area contributed by atoms with Crippen molar-refractivity contribution in [1.82, 2.24) is 19.9 Å². The molecule has 4 heterocycles. The van der Waals surface area contributed by atoms with Crippen molar-refractivity contribution in [3.8, 4) is 57.1 Å². The van der Waals surface area contributed by atoms with E-state index in [2.05, 4.69) is 142 Å². The third kappa shape index (κ3) is 7.11. The molecule has 0 aliphatic carbocycles. The Labute approximate surface area is 285 Å². The summed E-state index contributed by atoms with van der Waals surface area (Å²) in [5.41, 5.74) is 12.8. The molecule has 4 heteroatoms. The lowest BCUT2D eigenvalue weighted by atomic mass is 9.86. The second-order valence-electron chi connectivity index (χ2n) is 14.4. The van der Waals surface area contributed by atoms with Crippen LogP contribution in [0.4, 0.5) is 0 Å². The van der Waals surface area contributed by atoms with Gasteiger partial charge in [0.25, 0.3) is 0 Å². The van der Waals surface area contributed by atoms with Crippen LogP contribution < -0.4 is 0 Å². The molecule has 0 aliphatic heterocycles. The zero-order chi connectivity index (χ0) is 33.9. The maximum absolute atomic E-state index is 6.23. The van der Waals surface area contributed by atoms with E-state index in [1.54, 1.807) is 0 Å². The van der Waals surface area contributed by atoms with Gasteiger partial charge in [0.15, 0.2) is 0 Å². The molecule has 0 spiro atoms. The fraction of sp³-hybridized carbons (Fsp3) is 0.227. The first kappa shape index (κ1) is 32.5. The fourth-order valence-corrected chi connectivity index (χ4v) is 5.98. The number of terminal acetylenes is 1. The second-order valence-corrected chi connectivity index (χ2v) is 14.4. The monoisotopic (exact) mass is 626 g/mol. The van der Waals surface area contributed by atoms with Crippen molar-refractivity contribution in [2.75, 3.05) is 0 Å². The standard InChI is InChI=1S/C44H42N4/c1-8-30(42-38(12-10-24-48-42)32-15-19-34(20-16-32)40-29-36(22-26-47-40)44(5,6)7)27-41-37(11-9-23-45-41)31-13-17-33(18-14-31)39-28-35(21-25-46-39)43(2,3)4/h1,9-26,28-30H,27H2,2-7H3. The van der Waals surface area contributed by atoms with E-state index in [0.29, 0.717) is 6.42 Å². The van der Waals surface area contributed by atoms with Crippen molar-refractivity contribution in [2.45, 2.75) is 64.7 Å². The van der Waals surface area contributed by atoms with Crippen LogP contribution in [-0.4, -0.2) is 19.9 Å². The van der Waals surface area contributed by atoms with Gasteiger partial charge in [0.05, 0.1) is 23.0 Å². The molecular formula is C44H42N4. The van der Waals surface area contributed by atoms with Crippen LogP contribution in [0.5, 0.6) is 0 Å². The number of benzene rings is 2. The average molecular weight is 627 g/mol. The molecule has 0 bridgehead atoms.